The fraction of sp³-hybridized carbons (Fsp3) is 0.286. The highest BCUT2D eigenvalue weighted by Crippen LogP contribution is 2.20. The first-order chi connectivity index (χ1) is 13.5. The largest absolute Gasteiger partial charge is 0.462 e. The highest BCUT2D eigenvalue weighted by molar-refractivity contribution is 5.91. The summed E-state index contributed by atoms with van der Waals surface area (Å²) in [5.74, 6) is -0.212. The summed E-state index contributed by atoms with van der Waals surface area (Å²) in [4.78, 5) is 24.2. The van der Waals surface area contributed by atoms with E-state index in [-0.39, 0.29) is 13.2 Å². The zero-order valence-electron chi connectivity index (χ0n) is 16.1. The molecule has 0 saturated heterocycles. The molecule has 0 aliphatic carbocycles. The molecule has 0 aliphatic heterocycles. The topological polar surface area (TPSA) is 83.6 Å². The van der Waals surface area contributed by atoms with E-state index in [1.54, 1.807) is 30.5 Å². The van der Waals surface area contributed by atoms with Crippen molar-refractivity contribution in [2.45, 2.75) is 33.9 Å². The fourth-order valence-corrected chi connectivity index (χ4v) is 2.91. The number of carbonyl (C=O) groups is 2. The minimum absolute atomic E-state index is 0.000462. The highest BCUT2D eigenvalue weighted by atomic mass is 16.5. The zero-order chi connectivity index (χ0) is 20.1. The van der Waals surface area contributed by atoms with Crippen molar-refractivity contribution in [3.8, 4) is 11.3 Å². The van der Waals surface area contributed by atoms with Crippen LogP contribution in [0.15, 0.2) is 47.0 Å². The van der Waals surface area contributed by atoms with E-state index in [4.69, 9.17) is 14.0 Å². The summed E-state index contributed by atoms with van der Waals surface area (Å²) in [6, 6.07) is 13.0. The molecule has 0 atom stereocenters. The predicted molar refractivity (Wildman–Crippen MR) is 102 cm³/mol. The molecule has 3 rings (SSSR count). The summed E-state index contributed by atoms with van der Waals surface area (Å²) < 4.78 is 17.4. The van der Waals surface area contributed by atoms with Crippen LogP contribution >= 0.6 is 0 Å². The number of hydrogen-bond acceptors (Lipinski definition) is 6. The molecule has 2 heterocycles. The molecule has 1 aromatic carbocycles. The standard InChI is InChI=1S/C21H22N2O5/c1-4-26-21(25)18-10-14(2)23(15(18)3)12-20(24)27-13-17-11-19(28-22-17)16-8-6-5-7-9-16/h5-11H,4,12-13H2,1-3H3. The van der Waals surface area contributed by atoms with Gasteiger partial charge in [-0.05, 0) is 26.8 Å². The molecular weight excluding hydrogens is 360 g/mol. The van der Waals surface area contributed by atoms with Crippen LogP contribution in [0.3, 0.4) is 0 Å². The van der Waals surface area contributed by atoms with Crippen LogP contribution < -0.4 is 0 Å². The molecule has 0 N–H and O–H groups in total. The van der Waals surface area contributed by atoms with Gasteiger partial charge in [0.1, 0.15) is 18.8 Å². The Kier molecular flexibility index (Phi) is 5.93. The van der Waals surface area contributed by atoms with Gasteiger partial charge >= 0.3 is 11.9 Å². The number of hydrogen-bond donors (Lipinski definition) is 0. The van der Waals surface area contributed by atoms with E-state index in [9.17, 15) is 9.59 Å². The van der Waals surface area contributed by atoms with Crippen LogP contribution in [0, 0.1) is 13.8 Å². The normalized spacial score (nSPS) is 10.7. The molecule has 0 amide bonds. The van der Waals surface area contributed by atoms with Crippen molar-refractivity contribution >= 4 is 11.9 Å². The Balaban J connectivity index is 1.61. The van der Waals surface area contributed by atoms with Gasteiger partial charge in [0.05, 0.1) is 12.2 Å². The molecule has 3 aromatic rings. The second-order valence-electron chi connectivity index (χ2n) is 6.30. The van der Waals surface area contributed by atoms with E-state index in [0.717, 1.165) is 11.3 Å². The molecule has 0 radical (unpaired) electrons. The molecular formula is C21H22N2O5. The van der Waals surface area contributed by atoms with Gasteiger partial charge in [0.25, 0.3) is 0 Å². The van der Waals surface area contributed by atoms with E-state index in [2.05, 4.69) is 5.16 Å². The maximum Gasteiger partial charge on any atom is 0.339 e. The van der Waals surface area contributed by atoms with Crippen LogP contribution in [0.2, 0.25) is 0 Å². The molecule has 0 bridgehead atoms. The van der Waals surface area contributed by atoms with Gasteiger partial charge in [-0.25, -0.2) is 4.79 Å². The van der Waals surface area contributed by atoms with Crippen LogP contribution in [0.5, 0.6) is 0 Å². The molecule has 0 unspecified atom stereocenters. The van der Waals surface area contributed by atoms with Crippen molar-refractivity contribution in [1.82, 2.24) is 9.72 Å². The van der Waals surface area contributed by atoms with E-state index in [1.807, 2.05) is 37.3 Å². The number of benzene rings is 1. The van der Waals surface area contributed by atoms with E-state index < -0.39 is 11.9 Å². The van der Waals surface area contributed by atoms with Gasteiger partial charge in [0.2, 0.25) is 0 Å². The van der Waals surface area contributed by atoms with Crippen molar-refractivity contribution in [2.75, 3.05) is 6.61 Å². The Morgan fingerprint density at radius 3 is 2.57 bits per heavy atom. The van der Waals surface area contributed by atoms with Crippen LogP contribution in [-0.2, 0) is 27.4 Å². The van der Waals surface area contributed by atoms with Gasteiger partial charge in [-0.3, -0.25) is 4.79 Å². The SMILES string of the molecule is CCOC(=O)c1cc(C)n(CC(=O)OCc2cc(-c3ccccc3)on2)c1C. The van der Waals surface area contributed by atoms with Crippen LogP contribution in [0.25, 0.3) is 11.3 Å². The Labute approximate surface area is 162 Å². The Hall–Kier alpha value is -3.35. The van der Waals surface area contributed by atoms with Crippen molar-refractivity contribution in [3.63, 3.8) is 0 Å². The summed E-state index contributed by atoms with van der Waals surface area (Å²) >= 11 is 0. The maximum absolute atomic E-state index is 12.3. The van der Waals surface area contributed by atoms with Gasteiger partial charge in [0, 0.05) is 23.0 Å². The number of nitrogens with zero attached hydrogens (tertiary/aromatic N) is 2. The second kappa shape index (κ2) is 8.56. The third kappa shape index (κ3) is 4.31. The monoisotopic (exact) mass is 382 g/mol. The average Bonchev–Trinajstić information content (AvgIpc) is 3.27. The lowest BCUT2D eigenvalue weighted by Crippen LogP contribution is -2.16. The molecule has 2 aromatic heterocycles. The molecule has 0 spiro atoms. The quantitative estimate of drug-likeness (QED) is 0.580. The lowest BCUT2D eigenvalue weighted by molar-refractivity contribution is -0.145. The van der Waals surface area contributed by atoms with Gasteiger partial charge in [-0.2, -0.15) is 0 Å². The summed E-state index contributed by atoms with van der Waals surface area (Å²) in [7, 11) is 0. The minimum atomic E-state index is -0.429. The number of rotatable bonds is 7. The first kappa shape index (κ1) is 19.4. The first-order valence-corrected chi connectivity index (χ1v) is 9.00. The maximum atomic E-state index is 12.3. The zero-order valence-corrected chi connectivity index (χ0v) is 16.1. The van der Waals surface area contributed by atoms with Crippen LogP contribution in [0.4, 0.5) is 0 Å². The lowest BCUT2D eigenvalue weighted by Gasteiger charge is -2.09. The molecule has 28 heavy (non-hydrogen) atoms. The molecule has 0 fully saturated rings. The summed E-state index contributed by atoms with van der Waals surface area (Å²) in [5, 5.41) is 3.93. The van der Waals surface area contributed by atoms with Gasteiger partial charge in [-0.15, -0.1) is 0 Å². The van der Waals surface area contributed by atoms with Crippen molar-refractivity contribution in [3.05, 3.63) is 65.1 Å². The second-order valence-corrected chi connectivity index (χ2v) is 6.30. The van der Waals surface area contributed by atoms with Gasteiger partial charge in [0.15, 0.2) is 5.76 Å². The van der Waals surface area contributed by atoms with E-state index in [0.29, 0.717) is 29.3 Å². The van der Waals surface area contributed by atoms with Crippen molar-refractivity contribution < 1.29 is 23.6 Å². The van der Waals surface area contributed by atoms with Gasteiger partial charge in [-0.1, -0.05) is 35.5 Å². The first-order valence-electron chi connectivity index (χ1n) is 9.00. The number of esters is 2. The summed E-state index contributed by atoms with van der Waals surface area (Å²) in [5.41, 5.74) is 3.33. The van der Waals surface area contributed by atoms with Gasteiger partial charge < -0.3 is 18.6 Å². The summed E-state index contributed by atoms with van der Waals surface area (Å²) in [6.07, 6.45) is 0. The van der Waals surface area contributed by atoms with Crippen LogP contribution in [0.1, 0.15) is 34.4 Å². The van der Waals surface area contributed by atoms with E-state index >= 15 is 0 Å². The predicted octanol–water partition coefficient (Wildman–Crippen LogP) is 3.68. The Bertz CT molecular complexity index is 972. The van der Waals surface area contributed by atoms with Crippen molar-refractivity contribution in [1.29, 1.82) is 0 Å². The number of ether oxygens (including phenoxy) is 2. The molecule has 7 nitrogen and oxygen atoms in total. The minimum Gasteiger partial charge on any atom is -0.462 e. The third-order valence-electron chi connectivity index (χ3n) is 4.35. The molecule has 0 aliphatic rings. The van der Waals surface area contributed by atoms with Crippen molar-refractivity contribution in [2.24, 2.45) is 0 Å². The molecule has 7 heteroatoms. The molecule has 0 saturated carbocycles. The average molecular weight is 382 g/mol. The Morgan fingerprint density at radius 1 is 1.11 bits per heavy atom. The number of aromatic nitrogens is 2. The highest BCUT2D eigenvalue weighted by Gasteiger charge is 2.19. The fourth-order valence-electron chi connectivity index (χ4n) is 2.91. The lowest BCUT2D eigenvalue weighted by atomic mass is 10.2. The molecule has 146 valence electrons. The number of aryl methyl sites for hydroxylation is 1. The number of carbonyl (C=O) groups excluding carboxylic acids is 2. The third-order valence-corrected chi connectivity index (χ3v) is 4.35. The smallest absolute Gasteiger partial charge is 0.339 e. The summed E-state index contributed by atoms with van der Waals surface area (Å²) in [6.45, 7) is 5.66. The van der Waals surface area contributed by atoms with Crippen LogP contribution in [-0.4, -0.2) is 28.3 Å². The Morgan fingerprint density at radius 2 is 1.86 bits per heavy atom. The van der Waals surface area contributed by atoms with E-state index in [1.165, 1.54) is 0 Å².